The van der Waals surface area contributed by atoms with E-state index in [1.165, 1.54) is 6.20 Å². The highest BCUT2D eigenvalue weighted by Crippen LogP contribution is 2.33. The van der Waals surface area contributed by atoms with Crippen molar-refractivity contribution in [3.63, 3.8) is 0 Å². The summed E-state index contributed by atoms with van der Waals surface area (Å²) in [6.07, 6.45) is -2.20. The smallest absolute Gasteiger partial charge is 0.339 e. The summed E-state index contributed by atoms with van der Waals surface area (Å²) in [5.41, 5.74) is 2.17. The molecule has 0 saturated heterocycles. The number of alkyl halides is 3. The van der Waals surface area contributed by atoms with Gasteiger partial charge in [0.2, 0.25) is 5.95 Å². The fraction of sp³-hybridized carbons (Fsp3) is 0.120. The van der Waals surface area contributed by atoms with Gasteiger partial charge in [0.1, 0.15) is 5.02 Å². The molecule has 6 bridgehead atoms. The fourth-order valence-corrected chi connectivity index (χ4v) is 5.17. The van der Waals surface area contributed by atoms with E-state index in [-0.39, 0.29) is 10.7 Å². The quantitative estimate of drug-likeness (QED) is 0.271. The molecule has 0 saturated carbocycles. The first-order chi connectivity index (χ1) is 17.6. The van der Waals surface area contributed by atoms with E-state index in [2.05, 4.69) is 25.3 Å². The third-order valence-electron chi connectivity index (χ3n) is 5.69. The average Bonchev–Trinajstić information content (AvgIpc) is 2.86. The van der Waals surface area contributed by atoms with Crippen LogP contribution < -0.4 is 15.4 Å². The summed E-state index contributed by atoms with van der Waals surface area (Å²) in [5.74, 6) is 0.687. The van der Waals surface area contributed by atoms with E-state index < -0.39 is 26.7 Å². The van der Waals surface area contributed by atoms with Gasteiger partial charge in [0.05, 0.1) is 22.3 Å². The Morgan fingerprint density at radius 2 is 1.70 bits per heavy atom. The number of benzene rings is 3. The molecule has 3 N–H and O–H groups in total. The molecule has 0 radical (unpaired) electrons. The van der Waals surface area contributed by atoms with Crippen molar-refractivity contribution in [1.82, 2.24) is 9.97 Å². The molecule has 1 aliphatic heterocycles. The Morgan fingerprint density at radius 1 is 0.919 bits per heavy atom. The first-order valence-corrected chi connectivity index (χ1v) is 12.9. The molecule has 190 valence electrons. The monoisotopic (exact) mass is 545 g/mol. The second-order valence-electron chi connectivity index (χ2n) is 8.34. The number of fused-ring (bicyclic) bond motifs is 6. The largest absolute Gasteiger partial charge is 0.416 e. The molecule has 12 heteroatoms. The average molecular weight is 546 g/mol. The van der Waals surface area contributed by atoms with E-state index >= 15 is 0 Å². The molecule has 5 rings (SSSR count). The topological polar surface area (TPSA) is 96.0 Å². The van der Waals surface area contributed by atoms with Crippen molar-refractivity contribution in [2.75, 3.05) is 15.4 Å². The number of rotatable bonds is 3. The van der Waals surface area contributed by atoms with Gasteiger partial charge in [-0.05, 0) is 72.5 Å². The van der Waals surface area contributed by atoms with Crippen LogP contribution in [0.15, 0.2) is 77.8 Å². The molecular weight excluding hydrogens is 527 g/mol. The number of hydrogen-bond acceptors (Lipinski definition) is 6. The van der Waals surface area contributed by atoms with E-state index in [4.69, 9.17) is 11.6 Å². The zero-order valence-electron chi connectivity index (χ0n) is 19.0. The van der Waals surface area contributed by atoms with Crippen LogP contribution in [-0.4, -0.2) is 18.4 Å². The summed E-state index contributed by atoms with van der Waals surface area (Å²) >= 11 is 6.28. The Hall–Kier alpha value is -3.83. The molecule has 1 aliphatic rings. The van der Waals surface area contributed by atoms with Crippen molar-refractivity contribution in [2.45, 2.75) is 23.9 Å². The number of halogens is 4. The van der Waals surface area contributed by atoms with Crippen LogP contribution in [0.25, 0.3) is 0 Å². The van der Waals surface area contributed by atoms with Crippen LogP contribution in [-0.2, 0) is 29.0 Å². The van der Waals surface area contributed by atoms with Crippen LogP contribution in [0.4, 0.5) is 42.0 Å². The molecule has 0 aliphatic carbocycles. The van der Waals surface area contributed by atoms with Gasteiger partial charge in [0.15, 0.2) is 5.82 Å². The molecule has 0 unspecified atom stereocenters. The van der Waals surface area contributed by atoms with Gasteiger partial charge in [0.25, 0.3) is 10.0 Å². The van der Waals surface area contributed by atoms with Crippen LogP contribution in [0, 0.1) is 0 Å². The van der Waals surface area contributed by atoms with Crippen LogP contribution in [0.1, 0.15) is 16.7 Å². The van der Waals surface area contributed by atoms with Gasteiger partial charge in [0, 0.05) is 11.4 Å². The summed E-state index contributed by atoms with van der Waals surface area (Å²) in [6, 6.07) is 16.1. The second kappa shape index (κ2) is 9.56. The van der Waals surface area contributed by atoms with Gasteiger partial charge >= 0.3 is 6.18 Å². The Morgan fingerprint density at radius 3 is 2.51 bits per heavy atom. The summed E-state index contributed by atoms with van der Waals surface area (Å²) in [5, 5.41) is 6.54. The second-order valence-corrected chi connectivity index (χ2v) is 10.4. The zero-order valence-corrected chi connectivity index (χ0v) is 20.5. The molecule has 2 heterocycles. The first-order valence-electron chi connectivity index (χ1n) is 11.1. The Kier molecular flexibility index (Phi) is 6.42. The molecule has 37 heavy (non-hydrogen) atoms. The van der Waals surface area contributed by atoms with Crippen LogP contribution in [0.5, 0.6) is 0 Å². The lowest BCUT2D eigenvalue weighted by Gasteiger charge is -2.16. The summed E-state index contributed by atoms with van der Waals surface area (Å²) in [4.78, 5) is 8.15. The Balaban J connectivity index is 1.53. The standard InChI is InChI=1S/C25H19ClF3N5O2S/c26-21-14-30-24-32-18-5-1-3-15(11-18)7-8-16-12-19(31-23(21)33-24)9-10-22(16)34-37(35,36)20-6-2-4-17(13-20)25(27,28)29/h1-6,9-14,34H,7-8H2,(H2,30,31,32,33). The Bertz CT molecular complexity index is 1600. The van der Waals surface area contributed by atoms with Gasteiger partial charge in [-0.3, -0.25) is 4.72 Å². The summed E-state index contributed by atoms with van der Waals surface area (Å²) < 4.78 is 68.0. The number of hydrogen-bond donors (Lipinski definition) is 3. The molecule has 3 aromatic carbocycles. The van der Waals surface area contributed by atoms with Gasteiger partial charge in [-0.1, -0.05) is 29.8 Å². The normalized spacial score (nSPS) is 13.3. The zero-order chi connectivity index (χ0) is 26.2. The number of anilines is 5. The van der Waals surface area contributed by atoms with Crippen molar-refractivity contribution in [3.05, 3.63) is 94.6 Å². The molecule has 0 atom stereocenters. The Labute approximate surface area is 215 Å². The van der Waals surface area contributed by atoms with E-state index in [9.17, 15) is 21.6 Å². The van der Waals surface area contributed by atoms with Crippen molar-refractivity contribution in [1.29, 1.82) is 0 Å². The molecular formula is C25H19ClF3N5O2S. The highest BCUT2D eigenvalue weighted by Gasteiger charge is 2.31. The predicted octanol–water partition coefficient (Wildman–Crippen LogP) is 6.54. The van der Waals surface area contributed by atoms with Crippen LogP contribution in [0.2, 0.25) is 5.02 Å². The third-order valence-corrected chi connectivity index (χ3v) is 7.33. The number of aryl methyl sites for hydroxylation is 2. The van der Waals surface area contributed by atoms with Gasteiger partial charge in [-0.2, -0.15) is 18.2 Å². The van der Waals surface area contributed by atoms with Crippen molar-refractivity contribution in [3.8, 4) is 0 Å². The van der Waals surface area contributed by atoms with Gasteiger partial charge in [-0.15, -0.1) is 0 Å². The predicted molar refractivity (Wildman–Crippen MR) is 136 cm³/mol. The van der Waals surface area contributed by atoms with Crippen molar-refractivity contribution >= 4 is 50.5 Å². The number of aromatic nitrogens is 2. The first kappa shape index (κ1) is 24.8. The third kappa shape index (κ3) is 5.62. The minimum atomic E-state index is -4.67. The molecule has 4 aromatic rings. The maximum Gasteiger partial charge on any atom is 0.416 e. The fourth-order valence-electron chi connectivity index (χ4n) is 3.89. The van der Waals surface area contributed by atoms with E-state index in [1.54, 1.807) is 18.2 Å². The number of nitrogens with one attached hydrogen (secondary N) is 3. The molecule has 0 amide bonds. The van der Waals surface area contributed by atoms with E-state index in [1.807, 2.05) is 24.3 Å². The van der Waals surface area contributed by atoms with E-state index in [0.29, 0.717) is 41.9 Å². The van der Waals surface area contributed by atoms with Gasteiger partial charge in [-0.25, -0.2) is 13.4 Å². The highest BCUT2D eigenvalue weighted by atomic mass is 35.5. The maximum atomic E-state index is 13.1. The molecule has 0 fully saturated rings. The SMILES string of the molecule is O=S(=O)(Nc1ccc2cc1CCc1cccc(c1)Nc1ncc(Cl)c(n1)N2)c1cccc(C(F)(F)F)c1. The van der Waals surface area contributed by atoms with Crippen molar-refractivity contribution < 1.29 is 21.6 Å². The number of sulfonamides is 1. The minimum Gasteiger partial charge on any atom is -0.339 e. The minimum absolute atomic E-state index is 0.251. The molecule has 1 aromatic heterocycles. The van der Waals surface area contributed by atoms with E-state index in [0.717, 1.165) is 29.4 Å². The lowest BCUT2D eigenvalue weighted by molar-refractivity contribution is -0.137. The molecule has 0 spiro atoms. The maximum absolute atomic E-state index is 13.1. The summed E-state index contributed by atoms with van der Waals surface area (Å²) in [7, 11) is -4.30. The van der Waals surface area contributed by atoms with Crippen molar-refractivity contribution in [2.24, 2.45) is 0 Å². The molecule has 7 nitrogen and oxygen atoms in total. The highest BCUT2D eigenvalue weighted by molar-refractivity contribution is 7.92. The number of nitrogens with zero attached hydrogens (tertiary/aromatic N) is 2. The summed E-state index contributed by atoms with van der Waals surface area (Å²) in [6.45, 7) is 0. The lowest BCUT2D eigenvalue weighted by atomic mass is 10.0. The van der Waals surface area contributed by atoms with Crippen LogP contribution >= 0.6 is 11.6 Å². The van der Waals surface area contributed by atoms with Crippen LogP contribution in [0.3, 0.4) is 0 Å². The lowest BCUT2D eigenvalue weighted by Crippen LogP contribution is -2.16. The van der Waals surface area contributed by atoms with Gasteiger partial charge < -0.3 is 10.6 Å².